The van der Waals surface area contributed by atoms with E-state index < -0.39 is 0 Å². The van der Waals surface area contributed by atoms with Gasteiger partial charge in [0.15, 0.2) is 0 Å². The number of hydrogen-bond acceptors (Lipinski definition) is 2. The van der Waals surface area contributed by atoms with Gasteiger partial charge in [0.1, 0.15) is 0 Å². The van der Waals surface area contributed by atoms with Gasteiger partial charge in [-0.3, -0.25) is 0 Å². The number of rotatable bonds is 8. The highest BCUT2D eigenvalue weighted by Crippen LogP contribution is 2.14. The third kappa shape index (κ3) is 4.46. The lowest BCUT2D eigenvalue weighted by Gasteiger charge is -2.09. The van der Waals surface area contributed by atoms with Crippen LogP contribution in [0.3, 0.4) is 0 Å². The number of nitrogens with zero attached hydrogens (tertiary/aromatic N) is 1. The molecule has 1 aromatic rings. The zero-order valence-electron chi connectivity index (χ0n) is 12.5. The fraction of sp³-hybridized carbons (Fsp3) is 0.733. The second kappa shape index (κ2) is 7.59. The van der Waals surface area contributed by atoms with Crippen LogP contribution in [0.15, 0.2) is 6.07 Å². The van der Waals surface area contributed by atoms with Gasteiger partial charge in [-0.2, -0.15) is 0 Å². The average Bonchev–Trinajstić information content (AvgIpc) is 2.58. The van der Waals surface area contributed by atoms with Gasteiger partial charge in [0.05, 0.1) is 6.61 Å². The van der Waals surface area contributed by atoms with E-state index in [2.05, 4.69) is 50.6 Å². The topological polar surface area (TPSA) is 26.2 Å². The molecule has 1 rings (SSSR count). The molecule has 0 saturated heterocycles. The molecule has 18 heavy (non-hydrogen) atoms. The first-order valence-electron chi connectivity index (χ1n) is 7.00. The van der Waals surface area contributed by atoms with Gasteiger partial charge in [0, 0.05) is 37.6 Å². The monoisotopic (exact) mass is 252 g/mol. The maximum atomic E-state index is 5.55. The third-order valence-corrected chi connectivity index (χ3v) is 3.18. The van der Waals surface area contributed by atoms with Crippen molar-refractivity contribution >= 4 is 0 Å². The molecule has 0 radical (unpaired) electrons. The Morgan fingerprint density at radius 1 is 1.33 bits per heavy atom. The van der Waals surface area contributed by atoms with Crippen molar-refractivity contribution in [3.63, 3.8) is 0 Å². The van der Waals surface area contributed by atoms with Gasteiger partial charge in [0.2, 0.25) is 0 Å². The van der Waals surface area contributed by atoms with Crippen LogP contribution in [0.2, 0.25) is 0 Å². The SMILES string of the molecule is CCn1c(C)cc(CNCCOCC(C)C)c1C. The lowest BCUT2D eigenvalue weighted by Crippen LogP contribution is -2.20. The maximum Gasteiger partial charge on any atom is 0.0591 e. The molecule has 0 unspecified atom stereocenters. The molecule has 0 amide bonds. The molecule has 0 aromatic carbocycles. The van der Waals surface area contributed by atoms with Crippen LogP contribution in [-0.2, 0) is 17.8 Å². The van der Waals surface area contributed by atoms with Crippen LogP contribution in [0.4, 0.5) is 0 Å². The number of hydrogen-bond donors (Lipinski definition) is 1. The molecule has 0 aliphatic carbocycles. The normalized spacial score (nSPS) is 11.4. The molecular formula is C15H28N2O. The molecule has 0 aliphatic rings. The smallest absolute Gasteiger partial charge is 0.0591 e. The van der Waals surface area contributed by atoms with E-state index in [-0.39, 0.29) is 0 Å². The predicted molar refractivity (Wildman–Crippen MR) is 76.9 cm³/mol. The quantitative estimate of drug-likeness (QED) is 0.720. The van der Waals surface area contributed by atoms with Gasteiger partial charge >= 0.3 is 0 Å². The molecule has 0 atom stereocenters. The van der Waals surface area contributed by atoms with E-state index in [0.29, 0.717) is 5.92 Å². The van der Waals surface area contributed by atoms with E-state index >= 15 is 0 Å². The van der Waals surface area contributed by atoms with Crippen molar-refractivity contribution in [3.8, 4) is 0 Å². The lowest BCUT2D eigenvalue weighted by atomic mass is 10.2. The van der Waals surface area contributed by atoms with Crippen molar-refractivity contribution in [3.05, 3.63) is 23.0 Å². The van der Waals surface area contributed by atoms with Gasteiger partial charge < -0.3 is 14.6 Å². The van der Waals surface area contributed by atoms with Gasteiger partial charge in [-0.15, -0.1) is 0 Å². The lowest BCUT2D eigenvalue weighted by molar-refractivity contribution is 0.111. The van der Waals surface area contributed by atoms with E-state index in [1.54, 1.807) is 0 Å². The molecule has 3 heteroatoms. The highest BCUT2D eigenvalue weighted by atomic mass is 16.5. The van der Waals surface area contributed by atoms with Crippen LogP contribution in [0.25, 0.3) is 0 Å². The summed E-state index contributed by atoms with van der Waals surface area (Å²) in [6, 6.07) is 2.28. The maximum absolute atomic E-state index is 5.55. The largest absolute Gasteiger partial charge is 0.380 e. The van der Waals surface area contributed by atoms with Crippen LogP contribution < -0.4 is 5.32 Å². The summed E-state index contributed by atoms with van der Waals surface area (Å²) in [5.41, 5.74) is 4.13. The minimum atomic E-state index is 0.619. The van der Waals surface area contributed by atoms with Gasteiger partial charge in [0.25, 0.3) is 0 Å². The van der Waals surface area contributed by atoms with E-state index in [9.17, 15) is 0 Å². The Kier molecular flexibility index (Phi) is 6.44. The first-order valence-corrected chi connectivity index (χ1v) is 7.00. The van der Waals surface area contributed by atoms with Crippen LogP contribution in [0, 0.1) is 19.8 Å². The molecule has 0 fully saturated rings. The Hall–Kier alpha value is -0.800. The number of ether oxygens (including phenoxy) is 1. The summed E-state index contributed by atoms with van der Waals surface area (Å²) in [4.78, 5) is 0. The van der Waals surface area contributed by atoms with Crippen LogP contribution in [0.5, 0.6) is 0 Å². The van der Waals surface area contributed by atoms with Crippen molar-refractivity contribution in [1.29, 1.82) is 0 Å². The molecule has 1 heterocycles. The highest BCUT2D eigenvalue weighted by Gasteiger charge is 2.06. The van der Waals surface area contributed by atoms with Crippen molar-refractivity contribution in [2.24, 2.45) is 5.92 Å². The molecule has 0 bridgehead atoms. The number of aromatic nitrogens is 1. The molecule has 1 aromatic heterocycles. The van der Waals surface area contributed by atoms with Crippen molar-refractivity contribution < 1.29 is 4.74 Å². The molecule has 104 valence electrons. The van der Waals surface area contributed by atoms with E-state index in [4.69, 9.17) is 4.74 Å². The van der Waals surface area contributed by atoms with Crippen molar-refractivity contribution in [1.82, 2.24) is 9.88 Å². The first-order chi connectivity index (χ1) is 8.56. The van der Waals surface area contributed by atoms with Crippen molar-refractivity contribution in [2.45, 2.75) is 47.7 Å². The number of nitrogens with one attached hydrogen (secondary N) is 1. The van der Waals surface area contributed by atoms with Gasteiger partial charge in [-0.1, -0.05) is 13.8 Å². The van der Waals surface area contributed by atoms with Crippen LogP contribution >= 0.6 is 0 Å². The second-order valence-electron chi connectivity index (χ2n) is 5.29. The van der Waals surface area contributed by atoms with E-state index in [0.717, 1.165) is 32.8 Å². The molecule has 1 N–H and O–H groups in total. The molecular weight excluding hydrogens is 224 g/mol. The van der Waals surface area contributed by atoms with Crippen LogP contribution in [0.1, 0.15) is 37.7 Å². The third-order valence-electron chi connectivity index (χ3n) is 3.18. The van der Waals surface area contributed by atoms with Gasteiger partial charge in [-0.05, 0) is 38.3 Å². The zero-order valence-corrected chi connectivity index (χ0v) is 12.5. The predicted octanol–water partition coefficient (Wildman–Crippen LogP) is 2.89. The molecule has 0 aliphatic heterocycles. The molecule has 0 saturated carbocycles. The summed E-state index contributed by atoms with van der Waals surface area (Å²) in [7, 11) is 0. The van der Waals surface area contributed by atoms with Crippen LogP contribution in [-0.4, -0.2) is 24.3 Å². The summed E-state index contributed by atoms with van der Waals surface area (Å²) in [6.45, 7) is 15.5. The summed E-state index contributed by atoms with van der Waals surface area (Å²) in [5, 5.41) is 3.44. The van der Waals surface area contributed by atoms with E-state index in [1.165, 1.54) is 17.0 Å². The first kappa shape index (κ1) is 15.3. The van der Waals surface area contributed by atoms with E-state index in [1.807, 2.05) is 0 Å². The fourth-order valence-corrected chi connectivity index (χ4v) is 2.22. The molecule has 0 spiro atoms. The summed E-state index contributed by atoms with van der Waals surface area (Å²) >= 11 is 0. The van der Waals surface area contributed by atoms with Gasteiger partial charge in [-0.25, -0.2) is 0 Å². The molecule has 3 nitrogen and oxygen atoms in total. The average molecular weight is 252 g/mol. The Morgan fingerprint density at radius 2 is 2.06 bits per heavy atom. The number of aryl methyl sites for hydroxylation is 1. The zero-order chi connectivity index (χ0) is 13.5. The second-order valence-corrected chi connectivity index (χ2v) is 5.29. The summed E-state index contributed by atoms with van der Waals surface area (Å²) < 4.78 is 7.90. The highest BCUT2D eigenvalue weighted by molar-refractivity contribution is 5.26. The minimum absolute atomic E-state index is 0.619. The minimum Gasteiger partial charge on any atom is -0.380 e. The Balaban J connectivity index is 2.27. The fourth-order valence-electron chi connectivity index (χ4n) is 2.22. The standard InChI is InChI=1S/C15H28N2O/c1-6-17-13(4)9-15(14(17)5)10-16-7-8-18-11-12(2)3/h9,12,16H,6-8,10-11H2,1-5H3. The summed E-state index contributed by atoms with van der Waals surface area (Å²) in [6.07, 6.45) is 0. The van der Waals surface area contributed by atoms with Crippen molar-refractivity contribution in [2.75, 3.05) is 19.8 Å². The Bertz CT molecular complexity index is 356. The Morgan fingerprint density at radius 3 is 2.61 bits per heavy atom. The summed E-state index contributed by atoms with van der Waals surface area (Å²) in [5.74, 6) is 0.619. The Labute approximate surface area is 112 Å².